The molecule has 2 heterocycles. The maximum Gasteiger partial charge on any atom is 0.337 e. The summed E-state index contributed by atoms with van der Waals surface area (Å²) in [5.41, 5.74) is 1.41. The SMILES string of the molecule is CCn1c(CNC(=O)c2ccc3c(c2)OCO3)nnc1SCC(=O)Nc1ccc(C(=O)OC)cc1. The molecule has 0 fully saturated rings. The van der Waals surface area contributed by atoms with Crippen LogP contribution in [0, 0.1) is 0 Å². The van der Waals surface area contributed by atoms with Crippen molar-refractivity contribution in [2.24, 2.45) is 0 Å². The summed E-state index contributed by atoms with van der Waals surface area (Å²) in [6, 6.07) is 11.4. The molecule has 11 nitrogen and oxygen atoms in total. The van der Waals surface area contributed by atoms with E-state index >= 15 is 0 Å². The van der Waals surface area contributed by atoms with Crippen molar-refractivity contribution in [1.82, 2.24) is 20.1 Å². The van der Waals surface area contributed by atoms with E-state index in [1.807, 2.05) is 11.5 Å². The Labute approximate surface area is 205 Å². The van der Waals surface area contributed by atoms with Crippen molar-refractivity contribution in [3.05, 3.63) is 59.4 Å². The number of methoxy groups -OCH3 is 1. The van der Waals surface area contributed by atoms with Gasteiger partial charge >= 0.3 is 5.97 Å². The van der Waals surface area contributed by atoms with E-state index in [9.17, 15) is 14.4 Å². The van der Waals surface area contributed by atoms with Crippen LogP contribution >= 0.6 is 11.8 Å². The number of carbonyl (C=O) groups excluding carboxylic acids is 3. The molecule has 1 aliphatic heterocycles. The van der Waals surface area contributed by atoms with Gasteiger partial charge < -0.3 is 29.4 Å². The van der Waals surface area contributed by atoms with Gasteiger partial charge in [0.05, 0.1) is 25.0 Å². The molecule has 2 N–H and O–H groups in total. The molecule has 0 spiro atoms. The maximum atomic E-state index is 12.5. The summed E-state index contributed by atoms with van der Waals surface area (Å²) in [5, 5.41) is 14.5. The van der Waals surface area contributed by atoms with Gasteiger partial charge in [-0.2, -0.15) is 0 Å². The normalized spacial score (nSPS) is 11.7. The molecular weight excluding hydrogens is 474 g/mol. The van der Waals surface area contributed by atoms with E-state index in [1.165, 1.54) is 18.9 Å². The molecule has 35 heavy (non-hydrogen) atoms. The molecule has 2 aromatic carbocycles. The van der Waals surface area contributed by atoms with Gasteiger partial charge in [-0.25, -0.2) is 4.79 Å². The van der Waals surface area contributed by atoms with Gasteiger partial charge in [-0.15, -0.1) is 10.2 Å². The third kappa shape index (κ3) is 5.72. The molecule has 0 saturated carbocycles. The van der Waals surface area contributed by atoms with Crippen LogP contribution in [0.4, 0.5) is 5.69 Å². The molecule has 4 rings (SSSR count). The van der Waals surface area contributed by atoms with Gasteiger partial charge in [-0.3, -0.25) is 9.59 Å². The van der Waals surface area contributed by atoms with E-state index in [0.29, 0.717) is 45.8 Å². The average molecular weight is 498 g/mol. The fourth-order valence-corrected chi connectivity index (χ4v) is 4.13. The van der Waals surface area contributed by atoms with Crippen LogP contribution in [0.15, 0.2) is 47.6 Å². The van der Waals surface area contributed by atoms with Crippen LogP contribution in [0.2, 0.25) is 0 Å². The minimum atomic E-state index is -0.444. The first-order chi connectivity index (χ1) is 17.0. The average Bonchev–Trinajstić information content (AvgIpc) is 3.51. The van der Waals surface area contributed by atoms with E-state index < -0.39 is 5.97 Å². The number of rotatable bonds is 9. The highest BCUT2D eigenvalue weighted by Gasteiger charge is 2.18. The van der Waals surface area contributed by atoms with E-state index in [4.69, 9.17) is 9.47 Å². The van der Waals surface area contributed by atoms with E-state index in [2.05, 4.69) is 25.6 Å². The lowest BCUT2D eigenvalue weighted by atomic mass is 10.2. The minimum absolute atomic E-state index is 0.112. The van der Waals surface area contributed by atoms with Crippen molar-refractivity contribution in [3.8, 4) is 11.5 Å². The van der Waals surface area contributed by atoms with Gasteiger partial charge in [-0.05, 0) is 49.4 Å². The van der Waals surface area contributed by atoms with Gasteiger partial charge in [-0.1, -0.05) is 11.8 Å². The second-order valence-corrected chi connectivity index (χ2v) is 8.24. The van der Waals surface area contributed by atoms with Crippen LogP contribution in [-0.4, -0.2) is 52.2 Å². The Kier molecular flexibility index (Phi) is 7.51. The monoisotopic (exact) mass is 497 g/mol. The standard InChI is InChI=1S/C23H23N5O6S/c1-3-28-19(11-24-21(30)15-6-9-17-18(10-15)34-13-33-17)26-27-23(28)35-12-20(29)25-16-7-4-14(5-8-16)22(31)32-2/h4-10H,3,11-13H2,1-2H3,(H,24,30)(H,25,29). The van der Waals surface area contributed by atoms with Crippen molar-refractivity contribution < 1.29 is 28.6 Å². The second kappa shape index (κ2) is 10.9. The predicted octanol–water partition coefficient (Wildman–Crippen LogP) is 2.47. The van der Waals surface area contributed by atoms with E-state index in [1.54, 1.807) is 42.5 Å². The number of fused-ring (bicyclic) bond motifs is 1. The molecule has 2 amide bonds. The molecule has 1 aliphatic rings. The Morgan fingerprint density at radius 3 is 2.54 bits per heavy atom. The van der Waals surface area contributed by atoms with Crippen molar-refractivity contribution in [3.63, 3.8) is 0 Å². The third-order valence-corrected chi connectivity index (χ3v) is 6.04. The maximum absolute atomic E-state index is 12.5. The molecule has 0 bridgehead atoms. The summed E-state index contributed by atoms with van der Waals surface area (Å²) >= 11 is 1.24. The minimum Gasteiger partial charge on any atom is -0.465 e. The Balaban J connectivity index is 1.30. The summed E-state index contributed by atoms with van der Waals surface area (Å²) in [6.07, 6.45) is 0. The van der Waals surface area contributed by atoms with Crippen molar-refractivity contribution in [2.75, 3.05) is 25.0 Å². The summed E-state index contributed by atoms with van der Waals surface area (Å²) in [6.45, 7) is 2.81. The number of ether oxygens (including phenoxy) is 3. The Morgan fingerprint density at radius 1 is 1.06 bits per heavy atom. The zero-order valence-corrected chi connectivity index (χ0v) is 19.9. The molecule has 0 saturated heterocycles. The number of esters is 1. The van der Waals surface area contributed by atoms with Crippen molar-refractivity contribution in [2.45, 2.75) is 25.2 Å². The van der Waals surface area contributed by atoms with Crippen LogP contribution in [-0.2, 0) is 22.6 Å². The lowest BCUT2D eigenvalue weighted by Crippen LogP contribution is -2.24. The van der Waals surface area contributed by atoms with Gasteiger partial charge in [0, 0.05) is 17.8 Å². The molecule has 182 valence electrons. The molecule has 1 aromatic heterocycles. The highest BCUT2D eigenvalue weighted by molar-refractivity contribution is 7.99. The predicted molar refractivity (Wildman–Crippen MR) is 127 cm³/mol. The lowest BCUT2D eigenvalue weighted by Gasteiger charge is -2.09. The number of nitrogens with one attached hydrogen (secondary N) is 2. The third-order valence-electron chi connectivity index (χ3n) is 5.07. The number of thioether (sulfide) groups is 1. The molecule has 0 radical (unpaired) electrons. The lowest BCUT2D eigenvalue weighted by molar-refractivity contribution is -0.113. The summed E-state index contributed by atoms with van der Waals surface area (Å²) in [7, 11) is 1.31. The highest BCUT2D eigenvalue weighted by Crippen LogP contribution is 2.32. The molecule has 0 unspecified atom stereocenters. The summed E-state index contributed by atoms with van der Waals surface area (Å²) < 4.78 is 17.1. The van der Waals surface area contributed by atoms with Crippen LogP contribution in [0.1, 0.15) is 33.5 Å². The molecular formula is C23H23N5O6S. The largest absolute Gasteiger partial charge is 0.465 e. The van der Waals surface area contributed by atoms with Crippen LogP contribution in [0.3, 0.4) is 0 Å². The summed E-state index contributed by atoms with van der Waals surface area (Å²) in [4.78, 5) is 36.4. The number of hydrogen-bond donors (Lipinski definition) is 2. The molecule has 0 aliphatic carbocycles. The number of nitrogens with zero attached hydrogens (tertiary/aromatic N) is 3. The van der Waals surface area contributed by atoms with Crippen LogP contribution in [0.25, 0.3) is 0 Å². The van der Waals surface area contributed by atoms with Crippen LogP contribution < -0.4 is 20.1 Å². The first-order valence-electron chi connectivity index (χ1n) is 10.7. The van der Waals surface area contributed by atoms with Gasteiger partial charge in [0.25, 0.3) is 5.91 Å². The van der Waals surface area contributed by atoms with Crippen LogP contribution in [0.5, 0.6) is 11.5 Å². The highest BCUT2D eigenvalue weighted by atomic mass is 32.2. The number of amides is 2. The molecule has 3 aromatic rings. The zero-order valence-electron chi connectivity index (χ0n) is 19.1. The number of aromatic nitrogens is 3. The number of carbonyl (C=O) groups is 3. The fourth-order valence-electron chi connectivity index (χ4n) is 3.31. The van der Waals surface area contributed by atoms with Gasteiger partial charge in [0.15, 0.2) is 22.5 Å². The van der Waals surface area contributed by atoms with Crippen molar-refractivity contribution >= 4 is 35.2 Å². The van der Waals surface area contributed by atoms with Crippen molar-refractivity contribution in [1.29, 1.82) is 0 Å². The first kappa shape index (κ1) is 24.1. The van der Waals surface area contributed by atoms with Gasteiger partial charge in [0.1, 0.15) is 0 Å². The topological polar surface area (TPSA) is 134 Å². The number of benzene rings is 2. The Bertz CT molecular complexity index is 1240. The van der Waals surface area contributed by atoms with E-state index in [-0.39, 0.29) is 30.9 Å². The fraction of sp³-hybridized carbons (Fsp3) is 0.261. The van der Waals surface area contributed by atoms with E-state index in [0.717, 1.165) is 0 Å². The summed E-state index contributed by atoms with van der Waals surface area (Å²) in [5.74, 6) is 0.871. The second-order valence-electron chi connectivity index (χ2n) is 7.30. The number of hydrogen-bond acceptors (Lipinski definition) is 9. The quantitative estimate of drug-likeness (QED) is 0.338. The van der Waals surface area contributed by atoms with Gasteiger partial charge in [0.2, 0.25) is 12.7 Å². The smallest absolute Gasteiger partial charge is 0.337 e. The Hall–Kier alpha value is -4.06. The molecule has 12 heteroatoms. The zero-order chi connectivity index (χ0) is 24.8. The number of anilines is 1. The molecule has 0 atom stereocenters. The first-order valence-corrected chi connectivity index (χ1v) is 11.7. The Morgan fingerprint density at radius 2 is 1.80 bits per heavy atom.